The molecule has 21 heavy (non-hydrogen) atoms. The van der Waals surface area contributed by atoms with Crippen molar-refractivity contribution in [1.29, 1.82) is 0 Å². The van der Waals surface area contributed by atoms with Gasteiger partial charge in [0.05, 0.1) is 16.5 Å². The normalized spacial score (nSPS) is 24.1. The van der Waals surface area contributed by atoms with Gasteiger partial charge in [-0.05, 0) is 38.3 Å². The molecule has 108 valence electrons. The van der Waals surface area contributed by atoms with Crippen LogP contribution in [0, 0.1) is 5.41 Å². The van der Waals surface area contributed by atoms with Gasteiger partial charge in [0, 0.05) is 0 Å². The number of carbonyl (C=O) groups is 3. The lowest BCUT2D eigenvalue weighted by atomic mass is 9.79. The summed E-state index contributed by atoms with van der Waals surface area (Å²) in [6.07, 6.45) is 5.92. The third kappa shape index (κ3) is 2.14. The minimum atomic E-state index is -0.690. The van der Waals surface area contributed by atoms with Crippen molar-refractivity contribution >= 4 is 17.8 Å². The lowest BCUT2D eigenvalue weighted by Crippen LogP contribution is -2.39. The maximum atomic E-state index is 12.3. The van der Waals surface area contributed by atoms with Crippen LogP contribution in [0.1, 0.15) is 46.9 Å². The number of hydrogen-bond donors (Lipinski definition) is 0. The number of amides is 2. The van der Waals surface area contributed by atoms with E-state index in [-0.39, 0.29) is 11.1 Å². The first kappa shape index (κ1) is 13.5. The van der Waals surface area contributed by atoms with Gasteiger partial charge in [-0.3, -0.25) is 9.59 Å². The highest BCUT2D eigenvalue weighted by molar-refractivity contribution is 6.20. The van der Waals surface area contributed by atoms with E-state index < -0.39 is 23.2 Å². The zero-order chi connectivity index (χ0) is 15.0. The molecule has 1 aromatic rings. The molecule has 1 aliphatic carbocycles. The zero-order valence-corrected chi connectivity index (χ0v) is 11.7. The van der Waals surface area contributed by atoms with Crippen LogP contribution in [0.5, 0.6) is 0 Å². The van der Waals surface area contributed by atoms with Crippen LogP contribution in [0.25, 0.3) is 0 Å². The van der Waals surface area contributed by atoms with Gasteiger partial charge in [-0.25, -0.2) is 4.79 Å². The van der Waals surface area contributed by atoms with Gasteiger partial charge >= 0.3 is 5.97 Å². The Labute approximate surface area is 122 Å². The number of fused-ring (bicyclic) bond motifs is 1. The van der Waals surface area contributed by atoms with Crippen molar-refractivity contribution in [3.8, 4) is 0 Å². The number of benzene rings is 1. The quantitative estimate of drug-likeness (QED) is 0.618. The summed E-state index contributed by atoms with van der Waals surface area (Å²) in [6.45, 7) is 1.79. The molecular formula is C16H15NO4. The van der Waals surface area contributed by atoms with Gasteiger partial charge in [-0.2, -0.15) is 0 Å². The highest BCUT2D eigenvalue weighted by Gasteiger charge is 2.42. The molecule has 0 aromatic heterocycles. The minimum absolute atomic E-state index is 0.268. The number of nitrogens with zero attached hydrogens (tertiary/aromatic N) is 1. The molecule has 0 radical (unpaired) electrons. The van der Waals surface area contributed by atoms with E-state index in [9.17, 15) is 14.4 Å². The molecule has 0 fully saturated rings. The summed E-state index contributed by atoms with van der Waals surface area (Å²) >= 11 is 0. The fourth-order valence-corrected chi connectivity index (χ4v) is 2.59. The van der Waals surface area contributed by atoms with Crippen LogP contribution in [0.3, 0.4) is 0 Å². The Hall–Kier alpha value is -2.43. The van der Waals surface area contributed by atoms with E-state index in [2.05, 4.69) is 0 Å². The first-order chi connectivity index (χ1) is 10.0. The van der Waals surface area contributed by atoms with Gasteiger partial charge in [0.1, 0.15) is 0 Å². The number of carbonyl (C=O) groups excluding carboxylic acids is 3. The van der Waals surface area contributed by atoms with E-state index in [1.54, 1.807) is 31.2 Å². The standard InChI is InChI=1S/C16H15NO4/c1-16(9-5-2-6-10-16)15(20)21-17-13(18)11-7-3-4-8-12(11)14(17)19/h2-5,7-8H,6,9-10H2,1H3. The van der Waals surface area contributed by atoms with Crippen LogP contribution in [0.15, 0.2) is 36.4 Å². The van der Waals surface area contributed by atoms with Crippen molar-refractivity contribution < 1.29 is 19.2 Å². The molecule has 3 rings (SSSR count). The summed E-state index contributed by atoms with van der Waals surface area (Å²) < 4.78 is 0. The lowest BCUT2D eigenvalue weighted by molar-refractivity contribution is -0.180. The highest BCUT2D eigenvalue weighted by Crippen LogP contribution is 2.34. The molecule has 0 bridgehead atoms. The molecule has 0 saturated carbocycles. The SMILES string of the molecule is CC1(C(=O)ON2C(=O)c3ccccc3C2=O)CC=CCC1. The van der Waals surface area contributed by atoms with Gasteiger partial charge in [-0.1, -0.05) is 29.3 Å². The van der Waals surface area contributed by atoms with Crippen LogP contribution in [0.2, 0.25) is 0 Å². The lowest BCUT2D eigenvalue weighted by Gasteiger charge is -2.29. The van der Waals surface area contributed by atoms with Crippen molar-refractivity contribution in [3.05, 3.63) is 47.5 Å². The Morgan fingerprint density at radius 2 is 1.76 bits per heavy atom. The summed E-state index contributed by atoms with van der Waals surface area (Å²) in [6, 6.07) is 6.44. The number of hydroxylamine groups is 2. The predicted octanol–water partition coefficient (Wildman–Crippen LogP) is 2.49. The van der Waals surface area contributed by atoms with E-state index >= 15 is 0 Å². The van der Waals surface area contributed by atoms with Gasteiger partial charge in [0.2, 0.25) is 0 Å². The Morgan fingerprint density at radius 1 is 1.14 bits per heavy atom. The second kappa shape index (κ2) is 4.84. The van der Waals surface area contributed by atoms with Crippen molar-refractivity contribution in [1.82, 2.24) is 5.06 Å². The Bertz CT molecular complexity index is 629. The summed E-state index contributed by atoms with van der Waals surface area (Å²) in [5, 5.41) is 0.580. The summed E-state index contributed by atoms with van der Waals surface area (Å²) in [5.74, 6) is -1.71. The third-order valence-electron chi connectivity index (χ3n) is 4.02. The maximum Gasteiger partial charge on any atom is 0.339 e. The van der Waals surface area contributed by atoms with Crippen LogP contribution < -0.4 is 0 Å². The van der Waals surface area contributed by atoms with E-state index in [1.807, 2.05) is 12.2 Å². The van der Waals surface area contributed by atoms with Gasteiger partial charge in [0.25, 0.3) is 11.8 Å². The Morgan fingerprint density at radius 3 is 2.29 bits per heavy atom. The van der Waals surface area contributed by atoms with Crippen LogP contribution >= 0.6 is 0 Å². The average Bonchev–Trinajstić information content (AvgIpc) is 2.74. The molecule has 5 heteroatoms. The van der Waals surface area contributed by atoms with Crippen molar-refractivity contribution in [2.24, 2.45) is 5.41 Å². The number of allylic oxidation sites excluding steroid dienone is 2. The molecule has 2 aliphatic rings. The average molecular weight is 285 g/mol. The van der Waals surface area contributed by atoms with Crippen LogP contribution in [-0.4, -0.2) is 22.8 Å². The minimum Gasteiger partial charge on any atom is -0.329 e. The molecule has 0 N–H and O–H groups in total. The topological polar surface area (TPSA) is 63.7 Å². The largest absolute Gasteiger partial charge is 0.339 e. The molecule has 0 spiro atoms. The summed E-state index contributed by atoms with van der Waals surface area (Å²) in [4.78, 5) is 41.7. The van der Waals surface area contributed by atoms with Gasteiger partial charge in [0.15, 0.2) is 0 Å². The number of imide groups is 1. The molecular weight excluding hydrogens is 270 g/mol. The van der Waals surface area contributed by atoms with E-state index in [0.29, 0.717) is 17.9 Å². The fourth-order valence-electron chi connectivity index (χ4n) is 2.59. The van der Waals surface area contributed by atoms with E-state index in [4.69, 9.17) is 4.84 Å². The molecule has 1 atom stereocenters. The molecule has 1 aliphatic heterocycles. The highest BCUT2D eigenvalue weighted by atomic mass is 16.7. The number of hydrogen-bond acceptors (Lipinski definition) is 4. The molecule has 1 heterocycles. The smallest absolute Gasteiger partial charge is 0.329 e. The number of rotatable bonds is 2. The molecule has 1 aromatic carbocycles. The Balaban J connectivity index is 1.81. The molecule has 0 saturated heterocycles. The van der Waals surface area contributed by atoms with E-state index in [0.717, 1.165) is 6.42 Å². The molecule has 5 nitrogen and oxygen atoms in total. The summed E-state index contributed by atoms with van der Waals surface area (Å²) in [5.41, 5.74) is -0.155. The predicted molar refractivity (Wildman–Crippen MR) is 74.1 cm³/mol. The molecule has 1 unspecified atom stereocenters. The Kier molecular flexibility index (Phi) is 3.12. The van der Waals surface area contributed by atoms with Crippen LogP contribution in [-0.2, 0) is 9.63 Å². The summed E-state index contributed by atoms with van der Waals surface area (Å²) in [7, 11) is 0. The van der Waals surface area contributed by atoms with Gasteiger partial charge < -0.3 is 4.84 Å². The monoisotopic (exact) mass is 285 g/mol. The first-order valence-electron chi connectivity index (χ1n) is 6.88. The first-order valence-corrected chi connectivity index (χ1v) is 6.88. The second-order valence-corrected chi connectivity index (χ2v) is 5.60. The van der Waals surface area contributed by atoms with E-state index in [1.165, 1.54) is 0 Å². The maximum absolute atomic E-state index is 12.3. The fraction of sp³-hybridized carbons (Fsp3) is 0.312. The van der Waals surface area contributed by atoms with Crippen molar-refractivity contribution in [2.75, 3.05) is 0 Å². The second-order valence-electron chi connectivity index (χ2n) is 5.60. The van der Waals surface area contributed by atoms with Crippen molar-refractivity contribution in [3.63, 3.8) is 0 Å². The third-order valence-corrected chi connectivity index (χ3v) is 4.02. The molecule has 2 amide bonds. The zero-order valence-electron chi connectivity index (χ0n) is 11.7. The van der Waals surface area contributed by atoms with Gasteiger partial charge in [-0.15, -0.1) is 0 Å². The van der Waals surface area contributed by atoms with Crippen LogP contribution in [0.4, 0.5) is 0 Å². The van der Waals surface area contributed by atoms with Crippen molar-refractivity contribution in [2.45, 2.75) is 26.2 Å².